The van der Waals surface area contributed by atoms with Gasteiger partial charge in [0.15, 0.2) is 0 Å². The molecule has 1 saturated carbocycles. The van der Waals surface area contributed by atoms with Gasteiger partial charge in [-0.2, -0.15) is 0 Å². The maximum absolute atomic E-state index is 11.9. The molecule has 2 fully saturated rings. The molecule has 6 heteroatoms. The summed E-state index contributed by atoms with van der Waals surface area (Å²) >= 11 is 1.70. The Morgan fingerprint density at radius 1 is 1.32 bits per heavy atom. The summed E-state index contributed by atoms with van der Waals surface area (Å²) in [5.41, 5.74) is 1.24. The van der Waals surface area contributed by atoms with E-state index in [1.165, 1.54) is 37.8 Å². The number of aromatic nitrogens is 1. The Labute approximate surface area is 134 Å². The van der Waals surface area contributed by atoms with Crippen LogP contribution >= 0.6 is 11.3 Å². The second kappa shape index (κ2) is 7.22. The maximum Gasteiger partial charge on any atom is 0.242 e. The van der Waals surface area contributed by atoms with Crippen molar-refractivity contribution in [2.45, 2.75) is 63.3 Å². The van der Waals surface area contributed by atoms with Crippen molar-refractivity contribution in [3.05, 3.63) is 16.1 Å². The van der Waals surface area contributed by atoms with Crippen molar-refractivity contribution in [1.29, 1.82) is 0 Å². The van der Waals surface area contributed by atoms with Crippen LogP contribution in [0.5, 0.6) is 0 Å². The first-order valence-electron chi connectivity index (χ1n) is 8.24. The van der Waals surface area contributed by atoms with Gasteiger partial charge in [0.25, 0.3) is 0 Å². The lowest BCUT2D eigenvalue weighted by Gasteiger charge is -2.19. The number of thiazole rings is 1. The van der Waals surface area contributed by atoms with Crippen LogP contribution in [-0.2, 0) is 16.0 Å². The first-order chi connectivity index (χ1) is 10.7. The van der Waals surface area contributed by atoms with E-state index in [9.17, 15) is 9.59 Å². The maximum atomic E-state index is 11.9. The fourth-order valence-corrected chi connectivity index (χ4v) is 4.13. The van der Waals surface area contributed by atoms with Crippen molar-refractivity contribution >= 4 is 23.2 Å². The molecular formula is C16H23N3O2S. The van der Waals surface area contributed by atoms with Gasteiger partial charge in [-0.15, -0.1) is 11.3 Å². The molecule has 1 aromatic rings. The molecule has 0 bridgehead atoms. The topological polar surface area (TPSA) is 71.1 Å². The average Bonchev–Trinajstić information content (AvgIpc) is 3.17. The number of nitrogens with zero attached hydrogens (tertiary/aromatic N) is 1. The smallest absolute Gasteiger partial charge is 0.242 e. The Bertz CT molecular complexity index is 537. The lowest BCUT2D eigenvalue weighted by Crippen LogP contribution is -2.42. The van der Waals surface area contributed by atoms with E-state index in [4.69, 9.17) is 4.98 Å². The third-order valence-electron chi connectivity index (χ3n) is 4.54. The van der Waals surface area contributed by atoms with Crippen molar-refractivity contribution in [1.82, 2.24) is 15.6 Å². The Morgan fingerprint density at radius 2 is 2.14 bits per heavy atom. The van der Waals surface area contributed by atoms with Crippen LogP contribution < -0.4 is 10.6 Å². The van der Waals surface area contributed by atoms with E-state index < -0.39 is 0 Å². The molecule has 1 saturated heterocycles. The molecule has 22 heavy (non-hydrogen) atoms. The molecule has 3 rings (SSSR count). The van der Waals surface area contributed by atoms with E-state index in [-0.39, 0.29) is 17.9 Å². The van der Waals surface area contributed by atoms with Crippen LogP contribution in [0.15, 0.2) is 5.38 Å². The molecule has 1 aromatic heterocycles. The van der Waals surface area contributed by atoms with Crippen LogP contribution in [0.2, 0.25) is 0 Å². The third-order valence-corrected chi connectivity index (χ3v) is 5.47. The summed E-state index contributed by atoms with van der Waals surface area (Å²) < 4.78 is 0. The Hall–Kier alpha value is -1.43. The summed E-state index contributed by atoms with van der Waals surface area (Å²) in [4.78, 5) is 27.7. The third kappa shape index (κ3) is 3.85. The van der Waals surface area contributed by atoms with Gasteiger partial charge in [-0.1, -0.05) is 19.3 Å². The minimum absolute atomic E-state index is 0.0304. The first-order valence-corrected chi connectivity index (χ1v) is 9.12. The fraction of sp³-hybridized carbons (Fsp3) is 0.688. The van der Waals surface area contributed by atoms with Gasteiger partial charge in [-0.05, 0) is 19.3 Å². The molecule has 1 aliphatic carbocycles. The van der Waals surface area contributed by atoms with Gasteiger partial charge < -0.3 is 10.6 Å². The Balaban J connectivity index is 1.43. The quantitative estimate of drug-likeness (QED) is 0.873. The molecule has 2 N–H and O–H groups in total. The van der Waals surface area contributed by atoms with Crippen LogP contribution in [0.3, 0.4) is 0 Å². The van der Waals surface area contributed by atoms with Crippen LogP contribution in [-0.4, -0.2) is 29.4 Å². The summed E-state index contributed by atoms with van der Waals surface area (Å²) in [6, 6.07) is -0.346. The van der Waals surface area contributed by atoms with E-state index in [0.717, 1.165) is 11.4 Å². The zero-order valence-electron chi connectivity index (χ0n) is 12.8. The zero-order chi connectivity index (χ0) is 15.4. The predicted octanol–water partition coefficient (Wildman–Crippen LogP) is 2.13. The fourth-order valence-electron chi connectivity index (χ4n) is 3.25. The number of hydrogen-bond acceptors (Lipinski definition) is 4. The van der Waals surface area contributed by atoms with Crippen LogP contribution in [0.4, 0.5) is 0 Å². The number of rotatable bonds is 5. The standard InChI is InChI=1S/C16H23N3O2S/c20-14-7-6-12(18-14)16(21)17-9-8-15-19-13(10-22-15)11-4-2-1-3-5-11/h10-12H,1-9H2,(H,17,21)(H,18,20)/t12-/m1/s1. The molecule has 0 unspecified atom stereocenters. The van der Waals surface area contributed by atoms with Gasteiger partial charge in [0.2, 0.25) is 11.8 Å². The summed E-state index contributed by atoms with van der Waals surface area (Å²) in [5.74, 6) is 0.536. The van der Waals surface area contributed by atoms with Crippen molar-refractivity contribution in [2.24, 2.45) is 0 Å². The minimum atomic E-state index is -0.346. The molecule has 0 aromatic carbocycles. The highest BCUT2D eigenvalue weighted by molar-refractivity contribution is 7.09. The average molecular weight is 321 g/mol. The number of amides is 2. The van der Waals surface area contributed by atoms with Gasteiger partial charge in [0.1, 0.15) is 6.04 Å². The molecule has 1 aliphatic heterocycles. The van der Waals surface area contributed by atoms with Crippen molar-refractivity contribution in [2.75, 3.05) is 6.54 Å². The SMILES string of the molecule is O=C1CC[C@H](C(=O)NCCc2nc(C3CCCCC3)cs2)N1. The monoisotopic (exact) mass is 321 g/mol. The summed E-state index contributed by atoms with van der Waals surface area (Å²) in [6.45, 7) is 0.586. The Kier molecular flexibility index (Phi) is 5.08. The molecule has 5 nitrogen and oxygen atoms in total. The van der Waals surface area contributed by atoms with Gasteiger partial charge in [0, 0.05) is 30.7 Å². The summed E-state index contributed by atoms with van der Waals surface area (Å²) in [7, 11) is 0. The van der Waals surface area contributed by atoms with Crippen molar-refractivity contribution < 1.29 is 9.59 Å². The lowest BCUT2D eigenvalue weighted by atomic mass is 9.87. The van der Waals surface area contributed by atoms with Crippen molar-refractivity contribution in [3.8, 4) is 0 Å². The molecule has 2 amide bonds. The molecule has 1 atom stereocenters. The van der Waals surface area contributed by atoms with Gasteiger partial charge in [-0.3, -0.25) is 9.59 Å². The minimum Gasteiger partial charge on any atom is -0.354 e. The predicted molar refractivity (Wildman–Crippen MR) is 85.8 cm³/mol. The van der Waals surface area contributed by atoms with E-state index in [1.807, 2.05) is 0 Å². The van der Waals surface area contributed by atoms with Gasteiger partial charge in [0.05, 0.1) is 10.7 Å². The summed E-state index contributed by atoms with van der Waals surface area (Å²) in [6.07, 6.45) is 8.36. The van der Waals surface area contributed by atoms with Crippen LogP contribution in [0, 0.1) is 0 Å². The van der Waals surface area contributed by atoms with E-state index in [0.29, 0.717) is 25.3 Å². The molecule has 0 radical (unpaired) electrons. The zero-order valence-corrected chi connectivity index (χ0v) is 13.6. The molecular weight excluding hydrogens is 298 g/mol. The molecule has 2 aliphatic rings. The highest BCUT2D eigenvalue weighted by atomic mass is 32.1. The number of carbonyl (C=O) groups excluding carboxylic acids is 2. The van der Waals surface area contributed by atoms with Crippen LogP contribution in [0.25, 0.3) is 0 Å². The second-order valence-corrected chi connectivity index (χ2v) is 7.14. The normalized spacial score (nSPS) is 22.5. The number of carbonyl (C=O) groups is 2. The number of hydrogen-bond donors (Lipinski definition) is 2. The Morgan fingerprint density at radius 3 is 2.86 bits per heavy atom. The van der Waals surface area contributed by atoms with E-state index in [2.05, 4.69) is 16.0 Å². The van der Waals surface area contributed by atoms with Gasteiger partial charge in [-0.25, -0.2) is 4.98 Å². The highest BCUT2D eigenvalue weighted by Gasteiger charge is 2.26. The first kappa shape index (κ1) is 15.5. The second-order valence-electron chi connectivity index (χ2n) is 6.20. The largest absolute Gasteiger partial charge is 0.354 e. The molecule has 120 valence electrons. The molecule has 0 spiro atoms. The van der Waals surface area contributed by atoms with Crippen LogP contribution in [0.1, 0.15) is 61.6 Å². The summed E-state index contributed by atoms with van der Waals surface area (Å²) in [5, 5.41) is 8.86. The number of nitrogens with one attached hydrogen (secondary N) is 2. The van der Waals surface area contributed by atoms with E-state index >= 15 is 0 Å². The lowest BCUT2D eigenvalue weighted by molar-refractivity contribution is -0.125. The van der Waals surface area contributed by atoms with E-state index in [1.54, 1.807) is 11.3 Å². The van der Waals surface area contributed by atoms with Crippen molar-refractivity contribution in [3.63, 3.8) is 0 Å². The molecule has 2 heterocycles. The highest BCUT2D eigenvalue weighted by Crippen LogP contribution is 2.33. The van der Waals surface area contributed by atoms with Gasteiger partial charge >= 0.3 is 0 Å².